The first-order chi connectivity index (χ1) is 8.02. The second kappa shape index (κ2) is 6.57. The Balaban J connectivity index is 2.55. The molecule has 1 amide bonds. The third-order valence-electron chi connectivity index (χ3n) is 2.44. The van der Waals surface area contributed by atoms with Gasteiger partial charge in [-0.05, 0) is 33.1 Å². The highest BCUT2D eigenvalue weighted by molar-refractivity contribution is 6.33. The second-order valence-electron chi connectivity index (χ2n) is 4.24. The molecule has 0 aliphatic carbocycles. The minimum absolute atomic E-state index is 0.0816. The van der Waals surface area contributed by atoms with Gasteiger partial charge >= 0.3 is 0 Å². The predicted octanol–water partition coefficient (Wildman–Crippen LogP) is 1.76. The Kier molecular flexibility index (Phi) is 5.38. The summed E-state index contributed by atoms with van der Waals surface area (Å²) in [5.41, 5.74) is 0.460. The molecule has 0 N–H and O–H groups in total. The molecular weight excluding hydrogens is 238 g/mol. The summed E-state index contributed by atoms with van der Waals surface area (Å²) < 4.78 is 0. The molecule has 0 unspecified atom stereocenters. The summed E-state index contributed by atoms with van der Waals surface area (Å²) in [6.07, 6.45) is 4.02. The fourth-order valence-electron chi connectivity index (χ4n) is 1.47. The van der Waals surface area contributed by atoms with Gasteiger partial charge in [-0.25, -0.2) is 0 Å². The van der Waals surface area contributed by atoms with Gasteiger partial charge < -0.3 is 9.80 Å². The highest BCUT2D eigenvalue weighted by atomic mass is 35.5. The monoisotopic (exact) mass is 255 g/mol. The number of hydrogen-bond acceptors (Lipinski definition) is 3. The normalized spacial score (nSPS) is 10.6. The second-order valence-corrected chi connectivity index (χ2v) is 4.65. The Morgan fingerprint density at radius 2 is 2.06 bits per heavy atom. The first-order valence-corrected chi connectivity index (χ1v) is 5.90. The van der Waals surface area contributed by atoms with Crippen LogP contribution in [0.4, 0.5) is 0 Å². The standard InChI is InChI=1S/C12H18ClN3O/c1-15(2)7-4-8-16(3)12(17)10-9-14-6-5-11(10)13/h5-6,9H,4,7-8H2,1-3H3. The number of halogens is 1. The van der Waals surface area contributed by atoms with E-state index in [0.29, 0.717) is 17.1 Å². The van der Waals surface area contributed by atoms with Crippen molar-refractivity contribution >= 4 is 17.5 Å². The van der Waals surface area contributed by atoms with E-state index >= 15 is 0 Å². The summed E-state index contributed by atoms with van der Waals surface area (Å²) >= 11 is 5.95. The van der Waals surface area contributed by atoms with Crippen molar-refractivity contribution in [3.63, 3.8) is 0 Å². The van der Waals surface area contributed by atoms with Crippen molar-refractivity contribution in [2.24, 2.45) is 0 Å². The zero-order chi connectivity index (χ0) is 12.8. The summed E-state index contributed by atoms with van der Waals surface area (Å²) in [4.78, 5) is 19.7. The van der Waals surface area contributed by atoms with Crippen LogP contribution in [0.3, 0.4) is 0 Å². The lowest BCUT2D eigenvalue weighted by Gasteiger charge is -2.18. The number of hydrogen-bond donors (Lipinski definition) is 0. The number of amides is 1. The number of nitrogens with zero attached hydrogens (tertiary/aromatic N) is 3. The molecule has 1 aromatic heterocycles. The van der Waals surface area contributed by atoms with Crippen molar-refractivity contribution in [3.8, 4) is 0 Å². The lowest BCUT2D eigenvalue weighted by Crippen LogP contribution is -2.30. The van der Waals surface area contributed by atoms with Crippen LogP contribution in [0.1, 0.15) is 16.8 Å². The van der Waals surface area contributed by atoms with Crippen molar-refractivity contribution in [2.75, 3.05) is 34.2 Å². The SMILES string of the molecule is CN(C)CCCN(C)C(=O)c1cnccc1Cl. The molecule has 0 saturated heterocycles. The fraction of sp³-hybridized carbons (Fsp3) is 0.500. The van der Waals surface area contributed by atoms with Crippen molar-refractivity contribution < 1.29 is 4.79 Å². The van der Waals surface area contributed by atoms with Crippen LogP contribution in [0, 0.1) is 0 Å². The molecule has 0 radical (unpaired) electrons. The van der Waals surface area contributed by atoms with Crippen LogP contribution in [0.5, 0.6) is 0 Å². The molecule has 1 aromatic rings. The zero-order valence-electron chi connectivity index (χ0n) is 10.5. The molecule has 0 spiro atoms. The van der Waals surface area contributed by atoms with Gasteiger partial charge in [0.05, 0.1) is 10.6 Å². The van der Waals surface area contributed by atoms with Gasteiger partial charge in [0, 0.05) is 26.0 Å². The van der Waals surface area contributed by atoms with Gasteiger partial charge in [0.15, 0.2) is 0 Å². The highest BCUT2D eigenvalue weighted by Crippen LogP contribution is 2.15. The van der Waals surface area contributed by atoms with E-state index in [-0.39, 0.29) is 5.91 Å². The van der Waals surface area contributed by atoms with Crippen molar-refractivity contribution in [3.05, 3.63) is 29.0 Å². The predicted molar refractivity (Wildman–Crippen MR) is 69.4 cm³/mol. The minimum Gasteiger partial charge on any atom is -0.342 e. The van der Waals surface area contributed by atoms with Gasteiger partial charge in [-0.3, -0.25) is 9.78 Å². The topological polar surface area (TPSA) is 36.4 Å². The molecule has 1 heterocycles. The van der Waals surface area contributed by atoms with Gasteiger partial charge in [-0.2, -0.15) is 0 Å². The Hall–Kier alpha value is -1.13. The first-order valence-electron chi connectivity index (χ1n) is 5.52. The maximum Gasteiger partial charge on any atom is 0.256 e. The van der Waals surface area contributed by atoms with E-state index in [0.717, 1.165) is 13.0 Å². The molecule has 1 rings (SSSR count). The average molecular weight is 256 g/mol. The summed E-state index contributed by atoms with van der Waals surface area (Å²) in [6, 6.07) is 1.63. The quantitative estimate of drug-likeness (QED) is 0.805. The molecule has 0 fully saturated rings. The van der Waals surface area contributed by atoms with Gasteiger partial charge in [-0.1, -0.05) is 11.6 Å². The van der Waals surface area contributed by atoms with E-state index in [1.807, 2.05) is 14.1 Å². The number of aromatic nitrogens is 1. The van der Waals surface area contributed by atoms with E-state index < -0.39 is 0 Å². The lowest BCUT2D eigenvalue weighted by molar-refractivity contribution is 0.0790. The first kappa shape index (κ1) is 13.9. The van der Waals surface area contributed by atoms with E-state index in [9.17, 15) is 4.79 Å². The molecular formula is C12H18ClN3O. The molecule has 0 bridgehead atoms. The van der Waals surface area contributed by atoms with Gasteiger partial charge in [0.2, 0.25) is 0 Å². The molecule has 0 atom stereocenters. The molecule has 5 heteroatoms. The summed E-state index contributed by atoms with van der Waals surface area (Å²) in [5, 5.41) is 0.449. The van der Waals surface area contributed by atoms with Gasteiger partial charge in [0.25, 0.3) is 5.91 Å². The average Bonchev–Trinajstić information content (AvgIpc) is 2.28. The molecule has 0 aliphatic heterocycles. The van der Waals surface area contributed by atoms with Crippen LogP contribution < -0.4 is 0 Å². The number of carbonyl (C=O) groups is 1. The summed E-state index contributed by atoms with van der Waals surface area (Å²) in [7, 11) is 5.81. The minimum atomic E-state index is -0.0816. The maximum atomic E-state index is 12.0. The van der Waals surface area contributed by atoms with Crippen molar-refractivity contribution in [2.45, 2.75) is 6.42 Å². The van der Waals surface area contributed by atoms with Crippen LogP contribution in [0.25, 0.3) is 0 Å². The Morgan fingerprint density at radius 3 is 2.65 bits per heavy atom. The third-order valence-corrected chi connectivity index (χ3v) is 2.77. The summed E-state index contributed by atoms with van der Waals surface area (Å²) in [5.74, 6) is -0.0816. The Labute approximate surface area is 107 Å². The number of pyridine rings is 1. The molecule has 0 aliphatic rings. The van der Waals surface area contributed by atoms with Crippen LogP contribution in [0.15, 0.2) is 18.5 Å². The van der Waals surface area contributed by atoms with Crippen molar-refractivity contribution in [1.82, 2.24) is 14.8 Å². The van der Waals surface area contributed by atoms with Crippen LogP contribution in [-0.2, 0) is 0 Å². The van der Waals surface area contributed by atoms with E-state index in [4.69, 9.17) is 11.6 Å². The molecule has 0 aromatic carbocycles. The third kappa shape index (κ3) is 4.32. The molecule has 0 saturated carbocycles. The number of carbonyl (C=O) groups excluding carboxylic acids is 1. The van der Waals surface area contributed by atoms with Crippen LogP contribution in [0.2, 0.25) is 5.02 Å². The van der Waals surface area contributed by atoms with E-state index in [1.54, 1.807) is 24.2 Å². The number of rotatable bonds is 5. The maximum absolute atomic E-state index is 12.0. The van der Waals surface area contributed by atoms with Crippen LogP contribution in [-0.4, -0.2) is 54.9 Å². The Bertz CT molecular complexity index is 382. The van der Waals surface area contributed by atoms with E-state index in [2.05, 4.69) is 9.88 Å². The van der Waals surface area contributed by atoms with Crippen LogP contribution >= 0.6 is 11.6 Å². The molecule has 94 valence electrons. The van der Waals surface area contributed by atoms with Gasteiger partial charge in [0.1, 0.15) is 0 Å². The molecule has 4 nitrogen and oxygen atoms in total. The molecule has 17 heavy (non-hydrogen) atoms. The largest absolute Gasteiger partial charge is 0.342 e. The summed E-state index contributed by atoms with van der Waals surface area (Å²) in [6.45, 7) is 1.67. The van der Waals surface area contributed by atoms with Gasteiger partial charge in [-0.15, -0.1) is 0 Å². The Morgan fingerprint density at radius 1 is 1.35 bits per heavy atom. The fourth-order valence-corrected chi connectivity index (χ4v) is 1.65. The zero-order valence-corrected chi connectivity index (χ0v) is 11.2. The van der Waals surface area contributed by atoms with E-state index in [1.165, 1.54) is 6.20 Å². The lowest BCUT2D eigenvalue weighted by atomic mass is 10.2. The van der Waals surface area contributed by atoms with Crippen molar-refractivity contribution in [1.29, 1.82) is 0 Å². The smallest absolute Gasteiger partial charge is 0.256 e. The highest BCUT2D eigenvalue weighted by Gasteiger charge is 2.14.